The lowest BCUT2D eigenvalue weighted by atomic mass is 9.97. The number of rotatable bonds is 7. The molecular weight excluding hydrogens is 186 g/mol. The van der Waals surface area contributed by atoms with Gasteiger partial charge in [0.1, 0.15) is 0 Å². The molecule has 0 aromatic carbocycles. The van der Waals surface area contributed by atoms with Crippen LogP contribution in [0.1, 0.15) is 58.3 Å². The SMILES string of the molecule is CCCCCCCC(N)C1=COCCC1. The molecule has 0 amide bonds. The molecule has 2 heteroatoms. The molecule has 0 saturated carbocycles. The van der Waals surface area contributed by atoms with E-state index in [-0.39, 0.29) is 6.04 Å². The Labute approximate surface area is 93.9 Å². The lowest BCUT2D eigenvalue weighted by Crippen LogP contribution is -2.24. The molecular formula is C13H25NO. The van der Waals surface area contributed by atoms with Gasteiger partial charge in [-0.2, -0.15) is 0 Å². The highest BCUT2D eigenvalue weighted by molar-refractivity contribution is 5.08. The maximum Gasteiger partial charge on any atom is 0.0876 e. The maximum absolute atomic E-state index is 6.11. The Morgan fingerprint density at radius 3 is 2.80 bits per heavy atom. The summed E-state index contributed by atoms with van der Waals surface area (Å²) in [7, 11) is 0. The standard InChI is InChI=1S/C13H25NO/c1-2-3-4-5-6-9-13(14)12-8-7-10-15-11-12/h11,13H,2-10,14H2,1H3. The van der Waals surface area contributed by atoms with E-state index in [1.807, 2.05) is 6.26 Å². The van der Waals surface area contributed by atoms with Crippen LogP contribution in [0, 0.1) is 0 Å². The van der Waals surface area contributed by atoms with Crippen LogP contribution < -0.4 is 5.73 Å². The quantitative estimate of drug-likeness (QED) is 0.655. The Morgan fingerprint density at radius 2 is 2.13 bits per heavy atom. The number of nitrogens with two attached hydrogens (primary N) is 1. The van der Waals surface area contributed by atoms with Crippen molar-refractivity contribution >= 4 is 0 Å². The molecule has 1 atom stereocenters. The van der Waals surface area contributed by atoms with E-state index in [1.54, 1.807) is 0 Å². The number of ether oxygens (including phenoxy) is 1. The largest absolute Gasteiger partial charge is 0.501 e. The summed E-state index contributed by atoms with van der Waals surface area (Å²) in [5.74, 6) is 0. The second-order valence-corrected chi connectivity index (χ2v) is 4.48. The topological polar surface area (TPSA) is 35.2 Å². The molecule has 1 unspecified atom stereocenters. The zero-order chi connectivity index (χ0) is 10.9. The number of hydrogen-bond donors (Lipinski definition) is 1. The third kappa shape index (κ3) is 5.22. The molecule has 0 radical (unpaired) electrons. The Kier molecular flexibility index (Phi) is 6.49. The summed E-state index contributed by atoms with van der Waals surface area (Å²) in [5, 5.41) is 0. The van der Waals surface area contributed by atoms with Crippen LogP contribution in [-0.4, -0.2) is 12.6 Å². The summed E-state index contributed by atoms with van der Waals surface area (Å²) < 4.78 is 5.31. The average molecular weight is 211 g/mol. The van der Waals surface area contributed by atoms with Crippen molar-refractivity contribution in [3.63, 3.8) is 0 Å². The van der Waals surface area contributed by atoms with Crippen molar-refractivity contribution in [1.82, 2.24) is 0 Å². The lowest BCUT2D eigenvalue weighted by molar-refractivity contribution is 0.220. The van der Waals surface area contributed by atoms with Gasteiger partial charge in [-0.25, -0.2) is 0 Å². The summed E-state index contributed by atoms with van der Waals surface area (Å²) in [5.41, 5.74) is 7.43. The molecule has 88 valence electrons. The van der Waals surface area contributed by atoms with Gasteiger partial charge in [0.25, 0.3) is 0 Å². The van der Waals surface area contributed by atoms with Crippen LogP contribution in [0.15, 0.2) is 11.8 Å². The predicted molar refractivity (Wildman–Crippen MR) is 64.6 cm³/mol. The minimum Gasteiger partial charge on any atom is -0.501 e. The Morgan fingerprint density at radius 1 is 1.33 bits per heavy atom. The normalized spacial score (nSPS) is 18.1. The van der Waals surface area contributed by atoms with E-state index in [1.165, 1.54) is 37.7 Å². The fourth-order valence-electron chi connectivity index (χ4n) is 2.01. The molecule has 0 saturated heterocycles. The smallest absolute Gasteiger partial charge is 0.0876 e. The van der Waals surface area contributed by atoms with E-state index in [0.29, 0.717) is 0 Å². The highest BCUT2D eigenvalue weighted by Crippen LogP contribution is 2.18. The molecule has 0 aromatic rings. The Balaban J connectivity index is 2.07. The van der Waals surface area contributed by atoms with Crippen LogP contribution in [0.5, 0.6) is 0 Å². The fourth-order valence-corrected chi connectivity index (χ4v) is 2.01. The maximum atomic E-state index is 6.11. The lowest BCUT2D eigenvalue weighted by Gasteiger charge is -2.19. The molecule has 0 spiro atoms. The molecule has 0 aromatic heterocycles. The third-order valence-electron chi connectivity index (χ3n) is 3.06. The van der Waals surface area contributed by atoms with Gasteiger partial charge in [0, 0.05) is 6.04 Å². The predicted octanol–water partition coefficient (Wildman–Crippen LogP) is 3.37. The highest BCUT2D eigenvalue weighted by atomic mass is 16.5. The van der Waals surface area contributed by atoms with Gasteiger partial charge in [-0.3, -0.25) is 0 Å². The average Bonchev–Trinajstić information content (AvgIpc) is 2.30. The molecule has 0 aliphatic carbocycles. The molecule has 1 aliphatic rings. The first-order chi connectivity index (χ1) is 7.34. The molecule has 15 heavy (non-hydrogen) atoms. The summed E-state index contributed by atoms with van der Waals surface area (Å²) in [4.78, 5) is 0. The number of hydrogen-bond acceptors (Lipinski definition) is 2. The van der Waals surface area contributed by atoms with Gasteiger partial charge in [-0.15, -0.1) is 0 Å². The van der Waals surface area contributed by atoms with Crippen molar-refractivity contribution in [3.05, 3.63) is 11.8 Å². The van der Waals surface area contributed by atoms with E-state index in [9.17, 15) is 0 Å². The first-order valence-corrected chi connectivity index (χ1v) is 6.40. The molecule has 2 nitrogen and oxygen atoms in total. The first-order valence-electron chi connectivity index (χ1n) is 6.40. The van der Waals surface area contributed by atoms with Crippen LogP contribution in [-0.2, 0) is 4.74 Å². The molecule has 1 rings (SSSR count). The molecule has 1 heterocycles. The zero-order valence-corrected chi connectivity index (χ0v) is 10.0. The summed E-state index contributed by atoms with van der Waals surface area (Å²) >= 11 is 0. The van der Waals surface area contributed by atoms with E-state index in [0.717, 1.165) is 25.9 Å². The van der Waals surface area contributed by atoms with Crippen molar-refractivity contribution in [2.45, 2.75) is 64.3 Å². The van der Waals surface area contributed by atoms with E-state index in [4.69, 9.17) is 10.5 Å². The highest BCUT2D eigenvalue weighted by Gasteiger charge is 2.12. The second-order valence-electron chi connectivity index (χ2n) is 4.48. The van der Waals surface area contributed by atoms with Crippen LogP contribution in [0.2, 0.25) is 0 Å². The second kappa shape index (κ2) is 7.75. The molecule has 1 aliphatic heterocycles. The summed E-state index contributed by atoms with van der Waals surface area (Å²) in [6.07, 6.45) is 11.9. The van der Waals surface area contributed by atoms with Gasteiger partial charge in [-0.05, 0) is 24.8 Å². The molecule has 2 N–H and O–H groups in total. The van der Waals surface area contributed by atoms with Crippen molar-refractivity contribution in [2.24, 2.45) is 5.73 Å². The van der Waals surface area contributed by atoms with E-state index in [2.05, 4.69) is 6.92 Å². The van der Waals surface area contributed by atoms with E-state index >= 15 is 0 Å². The van der Waals surface area contributed by atoms with Crippen molar-refractivity contribution in [1.29, 1.82) is 0 Å². The van der Waals surface area contributed by atoms with Gasteiger partial charge in [0.15, 0.2) is 0 Å². The van der Waals surface area contributed by atoms with Gasteiger partial charge < -0.3 is 10.5 Å². The first kappa shape index (κ1) is 12.6. The zero-order valence-electron chi connectivity index (χ0n) is 10.0. The number of unbranched alkanes of at least 4 members (excludes halogenated alkanes) is 4. The van der Waals surface area contributed by atoms with Crippen LogP contribution in [0.25, 0.3) is 0 Å². The summed E-state index contributed by atoms with van der Waals surface area (Å²) in [6, 6.07) is 0.243. The Bertz CT molecular complexity index is 189. The third-order valence-corrected chi connectivity index (χ3v) is 3.06. The van der Waals surface area contributed by atoms with Gasteiger partial charge in [0.05, 0.1) is 12.9 Å². The van der Waals surface area contributed by atoms with Crippen LogP contribution in [0.4, 0.5) is 0 Å². The van der Waals surface area contributed by atoms with Crippen molar-refractivity contribution in [3.8, 4) is 0 Å². The van der Waals surface area contributed by atoms with Crippen molar-refractivity contribution < 1.29 is 4.74 Å². The monoisotopic (exact) mass is 211 g/mol. The van der Waals surface area contributed by atoms with E-state index < -0.39 is 0 Å². The van der Waals surface area contributed by atoms with Crippen LogP contribution >= 0.6 is 0 Å². The van der Waals surface area contributed by atoms with Gasteiger partial charge in [0.2, 0.25) is 0 Å². The Hall–Kier alpha value is -0.500. The van der Waals surface area contributed by atoms with Crippen molar-refractivity contribution in [2.75, 3.05) is 6.61 Å². The van der Waals surface area contributed by atoms with Crippen LogP contribution in [0.3, 0.4) is 0 Å². The summed E-state index contributed by atoms with van der Waals surface area (Å²) in [6.45, 7) is 3.11. The molecule has 0 bridgehead atoms. The fraction of sp³-hybridized carbons (Fsp3) is 0.846. The molecule has 0 fully saturated rings. The van der Waals surface area contributed by atoms with Gasteiger partial charge >= 0.3 is 0 Å². The minimum absolute atomic E-state index is 0.243. The minimum atomic E-state index is 0.243. The van der Waals surface area contributed by atoms with Gasteiger partial charge in [-0.1, -0.05) is 39.0 Å².